The smallest absolute Gasteiger partial charge is 0.252 e. The molecule has 0 saturated heterocycles. The lowest BCUT2D eigenvalue weighted by molar-refractivity contribution is -0.121. The topological polar surface area (TPSA) is 63.4 Å². The zero-order valence-electron chi connectivity index (χ0n) is 12.3. The van der Waals surface area contributed by atoms with Crippen molar-refractivity contribution in [3.05, 3.63) is 58.6 Å². The molecule has 22 heavy (non-hydrogen) atoms. The number of nitrogens with zero attached hydrogens (tertiary/aromatic N) is 1. The lowest BCUT2D eigenvalue weighted by Crippen LogP contribution is -2.34. The SMILES string of the molecule is CC1(C)C(=O)N(c2cccc(Cl)c2C(N)=O)c2ccccc21. The Morgan fingerprint density at radius 2 is 1.73 bits per heavy atom. The van der Waals surface area contributed by atoms with E-state index in [1.54, 1.807) is 18.2 Å². The Morgan fingerprint density at radius 1 is 1.09 bits per heavy atom. The van der Waals surface area contributed by atoms with Gasteiger partial charge in [0.15, 0.2) is 0 Å². The van der Waals surface area contributed by atoms with Crippen LogP contribution in [0.25, 0.3) is 0 Å². The second-order valence-corrected chi connectivity index (χ2v) is 6.19. The maximum absolute atomic E-state index is 12.9. The molecule has 2 amide bonds. The van der Waals surface area contributed by atoms with Crippen LogP contribution in [-0.4, -0.2) is 11.8 Å². The average Bonchev–Trinajstić information content (AvgIpc) is 2.66. The fourth-order valence-corrected chi connectivity index (χ4v) is 3.15. The summed E-state index contributed by atoms with van der Waals surface area (Å²) >= 11 is 6.11. The predicted octanol–water partition coefficient (Wildman–Crippen LogP) is 3.39. The molecule has 0 atom stereocenters. The van der Waals surface area contributed by atoms with Gasteiger partial charge in [0.2, 0.25) is 5.91 Å². The molecule has 2 N–H and O–H groups in total. The van der Waals surface area contributed by atoms with Gasteiger partial charge in [-0.05, 0) is 37.6 Å². The molecular formula is C17H15ClN2O2. The van der Waals surface area contributed by atoms with Crippen molar-refractivity contribution in [2.75, 3.05) is 4.90 Å². The van der Waals surface area contributed by atoms with E-state index in [9.17, 15) is 9.59 Å². The van der Waals surface area contributed by atoms with Gasteiger partial charge in [0, 0.05) is 0 Å². The van der Waals surface area contributed by atoms with E-state index < -0.39 is 11.3 Å². The highest BCUT2D eigenvalue weighted by molar-refractivity contribution is 6.35. The van der Waals surface area contributed by atoms with Gasteiger partial charge in [0.1, 0.15) is 0 Å². The van der Waals surface area contributed by atoms with Crippen LogP contribution in [0, 0.1) is 0 Å². The summed E-state index contributed by atoms with van der Waals surface area (Å²) in [6, 6.07) is 12.5. The van der Waals surface area contributed by atoms with Crippen LogP contribution in [-0.2, 0) is 10.2 Å². The number of hydrogen-bond acceptors (Lipinski definition) is 2. The third kappa shape index (κ3) is 1.91. The van der Waals surface area contributed by atoms with E-state index in [1.807, 2.05) is 38.1 Å². The van der Waals surface area contributed by atoms with Gasteiger partial charge >= 0.3 is 0 Å². The minimum Gasteiger partial charge on any atom is -0.365 e. The summed E-state index contributed by atoms with van der Waals surface area (Å²) in [6.45, 7) is 3.73. The summed E-state index contributed by atoms with van der Waals surface area (Å²) in [5.41, 5.74) is 7.02. The number of rotatable bonds is 2. The first-order chi connectivity index (χ1) is 10.4. The highest BCUT2D eigenvalue weighted by Crippen LogP contribution is 2.46. The van der Waals surface area contributed by atoms with Gasteiger partial charge in [-0.25, -0.2) is 0 Å². The van der Waals surface area contributed by atoms with Gasteiger partial charge in [-0.15, -0.1) is 0 Å². The molecule has 0 aromatic heterocycles. The summed E-state index contributed by atoms with van der Waals surface area (Å²) in [7, 11) is 0. The summed E-state index contributed by atoms with van der Waals surface area (Å²) in [6.07, 6.45) is 0. The first-order valence-corrected chi connectivity index (χ1v) is 7.26. The molecule has 0 bridgehead atoms. The summed E-state index contributed by atoms with van der Waals surface area (Å²) < 4.78 is 0. The second kappa shape index (κ2) is 4.85. The molecule has 2 aromatic rings. The number of nitrogens with two attached hydrogens (primary N) is 1. The van der Waals surface area contributed by atoms with E-state index in [1.165, 1.54) is 4.90 Å². The molecular weight excluding hydrogens is 300 g/mol. The van der Waals surface area contributed by atoms with Crippen LogP contribution in [0.1, 0.15) is 29.8 Å². The van der Waals surface area contributed by atoms with E-state index >= 15 is 0 Å². The standard InChI is InChI=1S/C17H15ClN2O2/c1-17(2)10-6-3-4-8-12(10)20(16(17)22)13-9-5-7-11(18)14(13)15(19)21/h3-9H,1-2H3,(H2,19,21). The van der Waals surface area contributed by atoms with Crippen molar-refractivity contribution in [2.45, 2.75) is 19.3 Å². The van der Waals surface area contributed by atoms with Crippen LogP contribution in [0.2, 0.25) is 5.02 Å². The quantitative estimate of drug-likeness (QED) is 0.923. The molecule has 0 fully saturated rings. The highest BCUT2D eigenvalue weighted by atomic mass is 35.5. The van der Waals surface area contributed by atoms with Crippen LogP contribution < -0.4 is 10.6 Å². The van der Waals surface area contributed by atoms with E-state index in [2.05, 4.69) is 0 Å². The first kappa shape index (κ1) is 14.6. The molecule has 0 aliphatic carbocycles. The molecule has 0 radical (unpaired) electrons. The Labute approximate surface area is 133 Å². The molecule has 0 saturated carbocycles. The molecule has 1 aliphatic heterocycles. The van der Waals surface area contributed by atoms with Crippen molar-refractivity contribution in [2.24, 2.45) is 5.73 Å². The molecule has 3 rings (SSSR count). The van der Waals surface area contributed by atoms with Gasteiger partial charge in [-0.1, -0.05) is 35.9 Å². The Kier molecular flexibility index (Phi) is 3.22. The van der Waals surface area contributed by atoms with Crippen LogP contribution in [0.3, 0.4) is 0 Å². The average molecular weight is 315 g/mol. The predicted molar refractivity (Wildman–Crippen MR) is 86.6 cm³/mol. The molecule has 112 valence electrons. The van der Waals surface area contributed by atoms with Gasteiger partial charge in [-0.2, -0.15) is 0 Å². The Hall–Kier alpha value is -2.33. The van der Waals surface area contributed by atoms with Crippen molar-refractivity contribution < 1.29 is 9.59 Å². The minimum atomic E-state index is -0.673. The van der Waals surface area contributed by atoms with Gasteiger partial charge < -0.3 is 5.73 Å². The molecule has 0 unspecified atom stereocenters. The fraction of sp³-hybridized carbons (Fsp3) is 0.176. The van der Waals surface area contributed by atoms with E-state index in [0.29, 0.717) is 5.69 Å². The number of para-hydroxylation sites is 1. The number of anilines is 2. The molecule has 1 aliphatic rings. The van der Waals surface area contributed by atoms with Crippen LogP contribution >= 0.6 is 11.6 Å². The number of hydrogen-bond donors (Lipinski definition) is 1. The van der Waals surface area contributed by atoms with Gasteiger partial charge in [0.25, 0.3) is 5.91 Å². The van der Waals surface area contributed by atoms with Crippen molar-refractivity contribution in [1.82, 2.24) is 0 Å². The largest absolute Gasteiger partial charge is 0.365 e. The van der Waals surface area contributed by atoms with E-state index in [4.69, 9.17) is 17.3 Å². The lowest BCUT2D eigenvalue weighted by Gasteiger charge is -2.22. The summed E-state index contributed by atoms with van der Waals surface area (Å²) in [5, 5.41) is 0.236. The lowest BCUT2D eigenvalue weighted by atomic mass is 9.86. The highest BCUT2D eigenvalue weighted by Gasteiger charge is 2.45. The fourth-order valence-electron chi connectivity index (χ4n) is 2.88. The second-order valence-electron chi connectivity index (χ2n) is 5.78. The number of fused-ring (bicyclic) bond motifs is 1. The zero-order chi connectivity index (χ0) is 16.1. The van der Waals surface area contributed by atoms with Crippen LogP contribution in [0.5, 0.6) is 0 Å². The number of amides is 2. The zero-order valence-corrected chi connectivity index (χ0v) is 13.0. The number of halogens is 1. The minimum absolute atomic E-state index is 0.113. The maximum Gasteiger partial charge on any atom is 0.252 e. The normalized spacial score (nSPS) is 15.8. The van der Waals surface area contributed by atoms with E-state index in [-0.39, 0.29) is 16.5 Å². The third-order valence-corrected chi connectivity index (χ3v) is 4.35. The molecule has 0 spiro atoms. The molecule has 1 heterocycles. The third-order valence-electron chi connectivity index (χ3n) is 4.03. The number of carbonyl (C=O) groups excluding carboxylic acids is 2. The first-order valence-electron chi connectivity index (χ1n) is 6.88. The Bertz CT molecular complexity index is 799. The van der Waals surface area contributed by atoms with Crippen LogP contribution in [0.4, 0.5) is 11.4 Å². The molecule has 4 nitrogen and oxygen atoms in total. The van der Waals surface area contributed by atoms with Crippen molar-refractivity contribution in [3.63, 3.8) is 0 Å². The Morgan fingerprint density at radius 3 is 2.41 bits per heavy atom. The van der Waals surface area contributed by atoms with Gasteiger partial charge in [0.05, 0.1) is 27.4 Å². The van der Waals surface area contributed by atoms with E-state index in [0.717, 1.165) is 11.3 Å². The van der Waals surface area contributed by atoms with Crippen molar-refractivity contribution >= 4 is 34.8 Å². The Balaban J connectivity index is 2.29. The number of carbonyl (C=O) groups is 2. The molecule has 5 heteroatoms. The van der Waals surface area contributed by atoms with Crippen LogP contribution in [0.15, 0.2) is 42.5 Å². The maximum atomic E-state index is 12.9. The van der Waals surface area contributed by atoms with Crippen molar-refractivity contribution in [1.29, 1.82) is 0 Å². The monoisotopic (exact) mass is 314 g/mol. The molecule has 2 aromatic carbocycles. The summed E-state index contributed by atoms with van der Waals surface area (Å²) in [4.78, 5) is 26.2. The number of primary amides is 1. The van der Waals surface area contributed by atoms with Gasteiger partial charge in [-0.3, -0.25) is 14.5 Å². The van der Waals surface area contributed by atoms with Crippen molar-refractivity contribution in [3.8, 4) is 0 Å². The number of benzene rings is 2. The summed E-state index contributed by atoms with van der Waals surface area (Å²) in [5.74, 6) is -0.769.